The standard InChI is InChI=1S/C28H34FN3O5S/c1-20-12-16-38-26(20)18-31(13-11-21-9-10-24(36-3)25(17-21)37-4)27(33)19-32(14-15-35-2)28(34)30-23-8-6-5-7-22(23)29/h5-10,12,16-17H,11,13-15,18-19H2,1-4H3,(H,30,34). The van der Waals surface area contributed by atoms with Gasteiger partial charge < -0.3 is 29.3 Å². The number of nitrogens with zero attached hydrogens (tertiary/aromatic N) is 2. The third kappa shape index (κ3) is 7.93. The van der Waals surface area contributed by atoms with Crippen LogP contribution in [0.5, 0.6) is 11.5 Å². The first-order chi connectivity index (χ1) is 18.4. The maximum absolute atomic E-state index is 14.1. The summed E-state index contributed by atoms with van der Waals surface area (Å²) < 4.78 is 30.0. The van der Waals surface area contributed by atoms with Crippen molar-refractivity contribution in [3.63, 3.8) is 0 Å². The first kappa shape index (κ1) is 28.9. The zero-order chi connectivity index (χ0) is 27.5. The van der Waals surface area contributed by atoms with Gasteiger partial charge in [0.05, 0.1) is 33.1 Å². The van der Waals surface area contributed by atoms with Gasteiger partial charge in [-0.2, -0.15) is 0 Å². The number of thiophene rings is 1. The Morgan fingerprint density at radius 1 is 0.974 bits per heavy atom. The van der Waals surface area contributed by atoms with Crippen LogP contribution in [0.25, 0.3) is 0 Å². The summed E-state index contributed by atoms with van der Waals surface area (Å²) in [5, 5.41) is 4.56. The van der Waals surface area contributed by atoms with Gasteiger partial charge in [-0.1, -0.05) is 18.2 Å². The van der Waals surface area contributed by atoms with Crippen LogP contribution in [-0.4, -0.2) is 69.3 Å². The van der Waals surface area contributed by atoms with Gasteiger partial charge in [-0.3, -0.25) is 4.79 Å². The number of methoxy groups -OCH3 is 3. The largest absolute Gasteiger partial charge is 0.493 e. The first-order valence-electron chi connectivity index (χ1n) is 12.2. The number of aryl methyl sites for hydroxylation is 1. The molecule has 204 valence electrons. The lowest BCUT2D eigenvalue weighted by Gasteiger charge is -2.28. The quantitative estimate of drug-likeness (QED) is 0.330. The SMILES string of the molecule is COCCN(CC(=O)N(CCc1ccc(OC)c(OC)c1)Cc1sccc1C)C(=O)Nc1ccccc1F. The zero-order valence-corrected chi connectivity index (χ0v) is 23.0. The van der Waals surface area contributed by atoms with Gasteiger partial charge >= 0.3 is 6.03 Å². The molecule has 0 aliphatic rings. The molecule has 3 aromatic rings. The second kappa shape index (κ2) is 14.3. The van der Waals surface area contributed by atoms with Crippen molar-refractivity contribution in [1.82, 2.24) is 9.80 Å². The van der Waals surface area contributed by atoms with Crippen LogP contribution in [0.15, 0.2) is 53.9 Å². The molecule has 0 spiro atoms. The molecular weight excluding hydrogens is 509 g/mol. The highest BCUT2D eigenvalue weighted by molar-refractivity contribution is 7.10. The summed E-state index contributed by atoms with van der Waals surface area (Å²) in [7, 11) is 4.68. The minimum absolute atomic E-state index is 0.0480. The van der Waals surface area contributed by atoms with E-state index in [0.717, 1.165) is 16.0 Å². The van der Waals surface area contributed by atoms with E-state index in [1.807, 2.05) is 36.6 Å². The number of nitrogens with one attached hydrogen (secondary N) is 1. The lowest BCUT2D eigenvalue weighted by atomic mass is 10.1. The lowest BCUT2D eigenvalue weighted by molar-refractivity contribution is -0.132. The number of hydrogen-bond acceptors (Lipinski definition) is 6. The number of para-hydroxylation sites is 1. The minimum atomic E-state index is -0.576. The Hall–Kier alpha value is -3.63. The number of carbonyl (C=O) groups is 2. The summed E-state index contributed by atoms with van der Waals surface area (Å²) in [4.78, 5) is 30.7. The van der Waals surface area contributed by atoms with Gasteiger partial charge in [0.2, 0.25) is 5.91 Å². The van der Waals surface area contributed by atoms with Gasteiger partial charge in [-0.05, 0) is 60.2 Å². The van der Waals surface area contributed by atoms with Crippen molar-refractivity contribution >= 4 is 29.0 Å². The second-order valence-electron chi connectivity index (χ2n) is 8.61. The average molecular weight is 544 g/mol. The Kier molecular flexibility index (Phi) is 10.9. The number of halogens is 1. The van der Waals surface area contributed by atoms with Gasteiger partial charge in [0, 0.05) is 25.1 Å². The lowest BCUT2D eigenvalue weighted by Crippen LogP contribution is -2.46. The van der Waals surface area contributed by atoms with E-state index in [-0.39, 0.29) is 31.3 Å². The summed E-state index contributed by atoms with van der Waals surface area (Å²) in [6.07, 6.45) is 0.579. The Labute approximate surface area is 226 Å². The molecule has 8 nitrogen and oxygen atoms in total. The summed E-state index contributed by atoms with van der Waals surface area (Å²) in [5.41, 5.74) is 2.14. The molecule has 1 N–H and O–H groups in total. The number of carbonyl (C=O) groups excluding carboxylic acids is 2. The van der Waals surface area contributed by atoms with Crippen LogP contribution in [0.4, 0.5) is 14.9 Å². The minimum Gasteiger partial charge on any atom is -0.493 e. The van der Waals surface area contributed by atoms with Crippen LogP contribution >= 0.6 is 11.3 Å². The van der Waals surface area contributed by atoms with Gasteiger partial charge in [-0.25, -0.2) is 9.18 Å². The van der Waals surface area contributed by atoms with E-state index in [1.54, 1.807) is 42.6 Å². The number of ether oxygens (including phenoxy) is 3. The maximum atomic E-state index is 14.1. The van der Waals surface area contributed by atoms with Crippen LogP contribution in [0, 0.1) is 12.7 Å². The van der Waals surface area contributed by atoms with E-state index in [4.69, 9.17) is 14.2 Å². The highest BCUT2D eigenvalue weighted by atomic mass is 32.1. The second-order valence-corrected chi connectivity index (χ2v) is 9.61. The number of urea groups is 1. The van der Waals surface area contributed by atoms with Crippen LogP contribution < -0.4 is 14.8 Å². The van der Waals surface area contributed by atoms with E-state index < -0.39 is 11.8 Å². The molecule has 10 heteroatoms. The third-order valence-electron chi connectivity index (χ3n) is 6.07. The molecule has 1 heterocycles. The molecule has 0 bridgehead atoms. The van der Waals surface area contributed by atoms with Gasteiger partial charge in [-0.15, -0.1) is 11.3 Å². The van der Waals surface area contributed by atoms with E-state index in [9.17, 15) is 14.0 Å². The van der Waals surface area contributed by atoms with Crippen LogP contribution in [0.2, 0.25) is 0 Å². The molecule has 1 aromatic heterocycles. The predicted molar refractivity (Wildman–Crippen MR) is 147 cm³/mol. The molecule has 2 aromatic carbocycles. The van der Waals surface area contributed by atoms with Crippen molar-refractivity contribution in [2.45, 2.75) is 19.9 Å². The Bertz CT molecular complexity index is 1220. The Balaban J connectivity index is 1.77. The molecule has 0 saturated heterocycles. The van der Waals surface area contributed by atoms with E-state index >= 15 is 0 Å². The van der Waals surface area contributed by atoms with Crippen molar-refractivity contribution in [1.29, 1.82) is 0 Å². The first-order valence-corrected chi connectivity index (χ1v) is 13.0. The highest BCUT2D eigenvalue weighted by Crippen LogP contribution is 2.28. The van der Waals surface area contributed by atoms with E-state index in [1.165, 1.54) is 24.1 Å². The highest BCUT2D eigenvalue weighted by Gasteiger charge is 2.23. The summed E-state index contributed by atoms with van der Waals surface area (Å²) in [6.45, 7) is 3.08. The fourth-order valence-corrected chi connectivity index (χ4v) is 4.73. The maximum Gasteiger partial charge on any atom is 0.322 e. The Morgan fingerprint density at radius 2 is 1.74 bits per heavy atom. The number of hydrogen-bond donors (Lipinski definition) is 1. The molecule has 0 atom stereocenters. The van der Waals surface area contributed by atoms with Crippen LogP contribution in [0.3, 0.4) is 0 Å². The van der Waals surface area contributed by atoms with Crippen molar-refractivity contribution in [3.8, 4) is 11.5 Å². The number of benzene rings is 2. The molecule has 0 aliphatic heterocycles. The van der Waals surface area contributed by atoms with Crippen LogP contribution in [-0.2, 0) is 22.5 Å². The molecule has 38 heavy (non-hydrogen) atoms. The molecular formula is C28H34FN3O5S. The predicted octanol–water partition coefficient (Wildman–Crippen LogP) is 4.96. The van der Waals surface area contributed by atoms with Crippen molar-refractivity contribution in [2.24, 2.45) is 0 Å². The van der Waals surface area contributed by atoms with Crippen LogP contribution in [0.1, 0.15) is 16.0 Å². The van der Waals surface area contributed by atoms with Gasteiger partial charge in [0.1, 0.15) is 12.4 Å². The third-order valence-corrected chi connectivity index (χ3v) is 7.08. The molecule has 0 unspecified atom stereocenters. The van der Waals surface area contributed by atoms with Crippen molar-refractivity contribution < 1.29 is 28.2 Å². The summed E-state index contributed by atoms with van der Waals surface area (Å²) in [6, 6.07) is 13.0. The normalized spacial score (nSPS) is 10.7. The molecule has 3 amide bonds. The smallest absolute Gasteiger partial charge is 0.322 e. The topological polar surface area (TPSA) is 80.3 Å². The number of anilines is 1. The molecule has 0 radical (unpaired) electrons. The van der Waals surface area contributed by atoms with E-state index in [0.29, 0.717) is 31.0 Å². The molecule has 0 saturated carbocycles. The summed E-state index contributed by atoms with van der Waals surface area (Å²) >= 11 is 1.59. The van der Waals surface area contributed by atoms with Crippen molar-refractivity contribution in [2.75, 3.05) is 52.9 Å². The zero-order valence-electron chi connectivity index (χ0n) is 22.2. The van der Waals surface area contributed by atoms with Gasteiger partial charge in [0.15, 0.2) is 11.5 Å². The fraction of sp³-hybridized carbons (Fsp3) is 0.357. The number of amides is 3. The molecule has 0 fully saturated rings. The molecule has 3 rings (SSSR count). The van der Waals surface area contributed by atoms with E-state index in [2.05, 4.69) is 5.32 Å². The Morgan fingerprint density at radius 3 is 2.39 bits per heavy atom. The monoisotopic (exact) mass is 543 g/mol. The van der Waals surface area contributed by atoms with Crippen molar-refractivity contribution in [3.05, 3.63) is 75.7 Å². The number of rotatable bonds is 13. The summed E-state index contributed by atoms with van der Waals surface area (Å²) in [5.74, 6) is 0.474. The molecule has 0 aliphatic carbocycles. The van der Waals surface area contributed by atoms with Gasteiger partial charge in [0.25, 0.3) is 0 Å². The average Bonchev–Trinajstić information content (AvgIpc) is 3.33. The fourth-order valence-electron chi connectivity index (χ4n) is 3.81.